The van der Waals surface area contributed by atoms with Gasteiger partial charge in [0.15, 0.2) is 0 Å². The van der Waals surface area contributed by atoms with Gasteiger partial charge in [-0.2, -0.15) is 16.8 Å². The van der Waals surface area contributed by atoms with Crippen molar-refractivity contribution < 1.29 is 83.9 Å². The molecule has 0 spiro atoms. The maximum atomic E-state index is 10.3. The van der Waals surface area contributed by atoms with Gasteiger partial charge in [0.1, 0.15) is 0 Å². The smallest absolute Gasteiger partial charge is 0.394 e. The van der Waals surface area contributed by atoms with E-state index in [0.29, 0.717) is 6.42 Å². The average Bonchev–Trinajstić information content (AvgIpc) is 2.48. The second-order valence-electron chi connectivity index (χ2n) is 6.28. The van der Waals surface area contributed by atoms with E-state index >= 15 is 0 Å². The fourth-order valence-corrected chi connectivity index (χ4v) is 2.29. The summed E-state index contributed by atoms with van der Waals surface area (Å²) in [7, 11) is -9.33. The minimum absolute atomic E-state index is 0. The van der Waals surface area contributed by atoms with Crippen molar-refractivity contribution in [3.05, 3.63) is 0 Å². The number of rotatable bonds is 14. The van der Waals surface area contributed by atoms with E-state index in [0.717, 1.165) is 12.8 Å². The maximum Gasteiger partial charge on any atom is 0.394 e. The zero-order valence-electron chi connectivity index (χ0n) is 17.9. The van der Waals surface area contributed by atoms with Crippen molar-refractivity contribution in [2.24, 2.45) is 0 Å². The van der Waals surface area contributed by atoms with Crippen molar-refractivity contribution in [1.29, 1.82) is 0 Å². The molecule has 0 fully saturated rings. The van der Waals surface area contributed by atoms with Crippen LogP contribution in [0.1, 0.15) is 96.8 Å². The van der Waals surface area contributed by atoms with Crippen molar-refractivity contribution in [2.45, 2.75) is 96.8 Å². The van der Waals surface area contributed by atoms with Gasteiger partial charge in [-0.15, -0.1) is 0 Å². The third kappa shape index (κ3) is 89.8. The van der Waals surface area contributed by atoms with E-state index in [9.17, 15) is 4.79 Å². The molecule has 30 heavy (non-hydrogen) atoms. The first-order chi connectivity index (χ1) is 12.8. The molecule has 0 aliphatic heterocycles. The van der Waals surface area contributed by atoms with Gasteiger partial charge in [-0.3, -0.25) is 23.0 Å². The quantitative estimate of drug-likeness (QED) is 0.112. The SMILES string of the molecule is CCCCCCCCCCCCCCCC(=O)O.O=S(=O)(O)O.O=S(=O)(O)O.[Zn].[Zn]. The normalized spacial score (nSPS) is 10.3. The van der Waals surface area contributed by atoms with Crippen LogP contribution in [0, 0.1) is 0 Å². The molecule has 176 valence electrons. The summed E-state index contributed by atoms with van der Waals surface area (Å²) in [5, 5.41) is 8.49. The first-order valence-electron chi connectivity index (χ1n) is 9.39. The van der Waals surface area contributed by atoms with Crippen LogP contribution in [0.25, 0.3) is 0 Å². The van der Waals surface area contributed by atoms with Crippen LogP contribution < -0.4 is 0 Å². The minimum Gasteiger partial charge on any atom is -0.481 e. The molecule has 0 saturated carbocycles. The Morgan fingerprint density at radius 3 is 0.967 bits per heavy atom. The maximum absolute atomic E-state index is 10.3. The molecule has 0 rings (SSSR count). The molecule has 14 heteroatoms. The number of carbonyl (C=O) groups is 1. The van der Waals surface area contributed by atoms with Gasteiger partial charge in [0.05, 0.1) is 0 Å². The molecule has 0 aromatic rings. The Kier molecular flexibility index (Phi) is 37.4. The Labute approximate surface area is 206 Å². The van der Waals surface area contributed by atoms with Gasteiger partial charge in [0, 0.05) is 45.4 Å². The van der Waals surface area contributed by atoms with Gasteiger partial charge >= 0.3 is 26.8 Å². The molecular formula is C16H36O10S2Zn2. The van der Waals surface area contributed by atoms with Crippen molar-refractivity contribution in [3.8, 4) is 0 Å². The second-order valence-corrected chi connectivity index (χ2v) is 8.07. The molecule has 0 aliphatic rings. The Hall–Kier alpha value is 0.457. The topological polar surface area (TPSA) is 186 Å². The molecule has 0 saturated heterocycles. The predicted octanol–water partition coefficient (Wildman–Crippen LogP) is 4.24. The van der Waals surface area contributed by atoms with Crippen LogP contribution in [-0.4, -0.2) is 46.1 Å². The Morgan fingerprint density at radius 2 is 0.767 bits per heavy atom. The number of hydrogen-bond acceptors (Lipinski definition) is 5. The molecule has 0 heterocycles. The van der Waals surface area contributed by atoms with Crippen LogP contribution in [0.2, 0.25) is 0 Å². The third-order valence-electron chi connectivity index (χ3n) is 3.49. The summed E-state index contributed by atoms with van der Waals surface area (Å²) in [6, 6.07) is 0. The molecule has 10 nitrogen and oxygen atoms in total. The standard InChI is InChI=1S/C16H32O2.2H2O4S.2Zn/c1-2-3-4-5-6-7-8-9-10-11-12-13-14-15-16(17)18;2*1-5(2,3)4;;/h2-15H2,1H3,(H,17,18);2*(H2,1,2,3,4);;. The van der Waals surface area contributed by atoms with E-state index in [1.165, 1.54) is 70.6 Å². The second kappa shape index (κ2) is 27.5. The molecule has 0 amide bonds. The number of carboxylic acids is 1. The van der Waals surface area contributed by atoms with Crippen LogP contribution in [0.15, 0.2) is 0 Å². The van der Waals surface area contributed by atoms with Gasteiger partial charge in [-0.05, 0) is 6.42 Å². The summed E-state index contributed by atoms with van der Waals surface area (Å²) < 4.78 is 63.2. The number of carboxylic acid groups (broad SMARTS) is 1. The number of hydrogen-bond donors (Lipinski definition) is 5. The Balaban J connectivity index is -0.000000145. The van der Waals surface area contributed by atoms with Crippen molar-refractivity contribution in [2.75, 3.05) is 0 Å². The van der Waals surface area contributed by atoms with E-state index in [2.05, 4.69) is 6.92 Å². The van der Waals surface area contributed by atoms with E-state index in [1.807, 2.05) is 0 Å². The first kappa shape index (κ1) is 40.8. The van der Waals surface area contributed by atoms with Gasteiger partial charge in [-0.25, -0.2) is 0 Å². The molecule has 0 radical (unpaired) electrons. The molecule has 0 unspecified atom stereocenters. The summed E-state index contributed by atoms with van der Waals surface area (Å²) in [6.07, 6.45) is 17.3. The molecule has 0 aromatic heterocycles. The minimum atomic E-state index is -4.67. The Bertz CT molecular complexity index is 508. The van der Waals surface area contributed by atoms with E-state index in [-0.39, 0.29) is 39.0 Å². The van der Waals surface area contributed by atoms with Crippen LogP contribution in [0.5, 0.6) is 0 Å². The summed E-state index contributed by atoms with van der Waals surface area (Å²) in [4.78, 5) is 10.3. The molecule has 0 aliphatic carbocycles. The van der Waals surface area contributed by atoms with E-state index < -0.39 is 26.8 Å². The van der Waals surface area contributed by atoms with Crippen molar-refractivity contribution in [3.63, 3.8) is 0 Å². The third-order valence-corrected chi connectivity index (χ3v) is 3.49. The molecule has 0 atom stereocenters. The fourth-order valence-electron chi connectivity index (χ4n) is 2.29. The first-order valence-corrected chi connectivity index (χ1v) is 12.2. The average molecular weight is 583 g/mol. The number of unbranched alkanes of at least 4 members (excludes halogenated alkanes) is 12. The summed E-state index contributed by atoms with van der Waals surface area (Å²) in [6.45, 7) is 2.26. The van der Waals surface area contributed by atoms with Gasteiger partial charge < -0.3 is 5.11 Å². The zero-order valence-corrected chi connectivity index (χ0v) is 25.5. The molecule has 0 bridgehead atoms. The van der Waals surface area contributed by atoms with Crippen LogP contribution >= 0.6 is 0 Å². The molecule has 0 aromatic carbocycles. The van der Waals surface area contributed by atoms with Crippen LogP contribution in [0.3, 0.4) is 0 Å². The molecule has 5 N–H and O–H groups in total. The Morgan fingerprint density at radius 1 is 0.567 bits per heavy atom. The zero-order chi connectivity index (χ0) is 22.5. The fraction of sp³-hybridized carbons (Fsp3) is 0.938. The monoisotopic (exact) mass is 580 g/mol. The largest absolute Gasteiger partial charge is 0.481 e. The van der Waals surface area contributed by atoms with Gasteiger partial charge in [0.2, 0.25) is 0 Å². The number of aliphatic carboxylic acids is 1. The molecular weight excluding hydrogens is 547 g/mol. The van der Waals surface area contributed by atoms with Crippen LogP contribution in [0.4, 0.5) is 0 Å². The predicted molar refractivity (Wildman–Crippen MR) is 106 cm³/mol. The van der Waals surface area contributed by atoms with E-state index in [4.69, 9.17) is 40.2 Å². The van der Waals surface area contributed by atoms with E-state index in [1.54, 1.807) is 0 Å². The van der Waals surface area contributed by atoms with Crippen LogP contribution in [-0.2, 0) is 64.5 Å². The summed E-state index contributed by atoms with van der Waals surface area (Å²) in [5.41, 5.74) is 0. The van der Waals surface area contributed by atoms with Gasteiger partial charge in [0.25, 0.3) is 0 Å². The van der Waals surface area contributed by atoms with Crippen molar-refractivity contribution in [1.82, 2.24) is 0 Å². The summed E-state index contributed by atoms with van der Waals surface area (Å²) in [5.74, 6) is -0.655. The van der Waals surface area contributed by atoms with Crippen molar-refractivity contribution >= 4 is 26.8 Å². The van der Waals surface area contributed by atoms with Gasteiger partial charge in [-0.1, -0.05) is 84.0 Å². The summed E-state index contributed by atoms with van der Waals surface area (Å²) >= 11 is 0.